The van der Waals surface area contributed by atoms with Gasteiger partial charge in [0.1, 0.15) is 11.4 Å². The van der Waals surface area contributed by atoms with E-state index in [4.69, 9.17) is 9.52 Å². The van der Waals surface area contributed by atoms with E-state index in [0.717, 1.165) is 6.07 Å². The summed E-state index contributed by atoms with van der Waals surface area (Å²) in [7, 11) is 0. The Kier molecular flexibility index (Phi) is 6.28. The first-order valence-corrected chi connectivity index (χ1v) is 8.56. The van der Waals surface area contributed by atoms with Crippen LogP contribution in [0.3, 0.4) is 0 Å². The second-order valence-electron chi connectivity index (χ2n) is 6.06. The molecule has 0 fully saturated rings. The molecule has 0 spiro atoms. The molecule has 1 atom stereocenters. The molecule has 9 nitrogen and oxygen atoms in total. The Balaban J connectivity index is 1.62. The van der Waals surface area contributed by atoms with Crippen molar-refractivity contribution in [2.45, 2.75) is 12.3 Å². The highest BCUT2D eigenvalue weighted by molar-refractivity contribution is 5.92. The lowest BCUT2D eigenvalue weighted by Crippen LogP contribution is -2.34. The molecule has 158 valence electrons. The van der Waals surface area contributed by atoms with Crippen LogP contribution in [0.15, 0.2) is 47.3 Å². The number of aromatic nitrogens is 3. The summed E-state index contributed by atoms with van der Waals surface area (Å²) < 4.78 is 43.2. The van der Waals surface area contributed by atoms with E-state index in [0.29, 0.717) is 11.9 Å². The van der Waals surface area contributed by atoms with Crippen LogP contribution >= 0.6 is 0 Å². The van der Waals surface area contributed by atoms with Gasteiger partial charge in [0.15, 0.2) is 5.76 Å². The van der Waals surface area contributed by atoms with Crippen LogP contribution in [0.1, 0.15) is 16.1 Å². The van der Waals surface area contributed by atoms with Crippen molar-refractivity contribution in [1.29, 1.82) is 0 Å². The molecule has 0 aliphatic rings. The third-order valence-electron chi connectivity index (χ3n) is 3.81. The van der Waals surface area contributed by atoms with Crippen LogP contribution in [0.5, 0.6) is 0 Å². The number of alkyl halides is 3. The largest absolute Gasteiger partial charge is 0.422 e. The van der Waals surface area contributed by atoms with Crippen LogP contribution in [0.25, 0.3) is 11.5 Å². The van der Waals surface area contributed by atoms with Crippen molar-refractivity contribution < 1.29 is 32.6 Å². The Bertz CT molecular complexity index is 990. The van der Waals surface area contributed by atoms with E-state index in [1.165, 1.54) is 30.6 Å². The molecule has 3 aromatic rings. The Morgan fingerprint density at radius 3 is 2.50 bits per heavy atom. The number of pyridine rings is 2. The molecule has 1 unspecified atom stereocenters. The van der Waals surface area contributed by atoms with E-state index in [9.17, 15) is 23.1 Å². The van der Waals surface area contributed by atoms with Crippen molar-refractivity contribution in [2.24, 2.45) is 0 Å². The quantitative estimate of drug-likeness (QED) is 0.453. The predicted molar refractivity (Wildman–Crippen MR) is 97.7 cm³/mol. The SMILES string of the molecule is O=C(NCC(O)CO)c1ccc(Nc2ncc(-c3ccc(C(F)(F)F)cn3)o2)cn1. The molecule has 4 N–H and O–H groups in total. The normalized spacial score (nSPS) is 12.4. The fourth-order valence-corrected chi connectivity index (χ4v) is 2.25. The fourth-order valence-electron chi connectivity index (χ4n) is 2.25. The number of hydrogen-bond acceptors (Lipinski definition) is 8. The third kappa shape index (κ3) is 5.30. The molecule has 0 aliphatic heterocycles. The Hall–Kier alpha value is -3.51. The van der Waals surface area contributed by atoms with E-state index < -0.39 is 30.4 Å². The molecule has 3 aromatic heterocycles. The number of hydrogen-bond donors (Lipinski definition) is 4. The zero-order valence-electron chi connectivity index (χ0n) is 15.2. The van der Waals surface area contributed by atoms with Crippen LogP contribution in [0.4, 0.5) is 24.9 Å². The number of oxazole rings is 1. The van der Waals surface area contributed by atoms with Gasteiger partial charge >= 0.3 is 6.18 Å². The van der Waals surface area contributed by atoms with Gasteiger partial charge in [-0.25, -0.2) is 9.97 Å². The lowest BCUT2D eigenvalue weighted by molar-refractivity contribution is -0.137. The number of rotatable bonds is 7. The molecule has 1 amide bonds. The number of amides is 1. The van der Waals surface area contributed by atoms with Crippen molar-refractivity contribution in [3.8, 4) is 11.5 Å². The highest BCUT2D eigenvalue weighted by atomic mass is 19.4. The van der Waals surface area contributed by atoms with Gasteiger partial charge in [0.2, 0.25) is 0 Å². The third-order valence-corrected chi connectivity index (χ3v) is 3.81. The first-order chi connectivity index (χ1) is 14.3. The first kappa shape index (κ1) is 21.2. The molecule has 12 heteroatoms. The fraction of sp³-hybridized carbons (Fsp3) is 0.222. The average molecular weight is 423 g/mol. The van der Waals surface area contributed by atoms with Gasteiger partial charge < -0.3 is 25.3 Å². The summed E-state index contributed by atoms with van der Waals surface area (Å²) in [6.07, 6.45) is -2.18. The number of halogens is 3. The second-order valence-corrected chi connectivity index (χ2v) is 6.06. The van der Waals surface area contributed by atoms with E-state index in [2.05, 4.69) is 25.6 Å². The van der Waals surface area contributed by atoms with Gasteiger partial charge in [-0.05, 0) is 24.3 Å². The van der Waals surface area contributed by atoms with E-state index in [1.54, 1.807) is 0 Å². The summed E-state index contributed by atoms with van der Waals surface area (Å²) >= 11 is 0. The maximum absolute atomic E-state index is 12.6. The lowest BCUT2D eigenvalue weighted by atomic mass is 10.2. The molecule has 0 saturated heterocycles. The van der Waals surface area contributed by atoms with E-state index in [1.807, 2.05) is 0 Å². The van der Waals surface area contributed by atoms with E-state index >= 15 is 0 Å². The molecular formula is C18H16F3N5O4. The predicted octanol–water partition coefficient (Wildman–Crippen LogP) is 1.98. The summed E-state index contributed by atoms with van der Waals surface area (Å²) in [6, 6.07) is 5.08. The number of nitrogens with one attached hydrogen (secondary N) is 2. The van der Waals surface area contributed by atoms with Gasteiger partial charge in [0, 0.05) is 12.7 Å². The van der Waals surface area contributed by atoms with Crippen molar-refractivity contribution in [1.82, 2.24) is 20.3 Å². The molecule has 0 bridgehead atoms. The van der Waals surface area contributed by atoms with Crippen LogP contribution < -0.4 is 10.6 Å². The topological polar surface area (TPSA) is 133 Å². The highest BCUT2D eigenvalue weighted by Crippen LogP contribution is 2.30. The zero-order valence-corrected chi connectivity index (χ0v) is 15.2. The molecule has 3 heterocycles. The molecule has 30 heavy (non-hydrogen) atoms. The highest BCUT2D eigenvalue weighted by Gasteiger charge is 2.30. The summed E-state index contributed by atoms with van der Waals surface area (Å²) in [5.41, 5.74) is -0.160. The molecule has 3 rings (SSSR count). The monoisotopic (exact) mass is 423 g/mol. The van der Waals surface area contributed by atoms with Crippen molar-refractivity contribution in [3.05, 3.63) is 54.1 Å². The molecule has 0 aromatic carbocycles. The number of anilines is 2. The molecule has 0 aliphatic carbocycles. The average Bonchev–Trinajstić information content (AvgIpc) is 3.20. The van der Waals surface area contributed by atoms with Gasteiger partial charge in [-0.1, -0.05) is 0 Å². The van der Waals surface area contributed by atoms with Crippen LogP contribution in [0.2, 0.25) is 0 Å². The number of aliphatic hydroxyl groups is 2. The minimum atomic E-state index is -4.48. The van der Waals surface area contributed by atoms with Gasteiger partial charge in [-0.15, -0.1) is 0 Å². The Morgan fingerprint density at radius 1 is 1.10 bits per heavy atom. The van der Waals surface area contributed by atoms with Crippen LogP contribution in [0, 0.1) is 0 Å². The number of carbonyl (C=O) groups excluding carboxylic acids is 1. The second kappa shape index (κ2) is 8.88. The van der Waals surface area contributed by atoms with Gasteiger partial charge in [0.05, 0.1) is 36.4 Å². The zero-order chi connectivity index (χ0) is 21.7. The first-order valence-electron chi connectivity index (χ1n) is 8.56. The summed E-state index contributed by atoms with van der Waals surface area (Å²) in [6.45, 7) is -0.592. The van der Waals surface area contributed by atoms with Crippen molar-refractivity contribution >= 4 is 17.6 Å². The van der Waals surface area contributed by atoms with Crippen molar-refractivity contribution in [3.63, 3.8) is 0 Å². The van der Waals surface area contributed by atoms with Crippen LogP contribution in [-0.2, 0) is 6.18 Å². The maximum atomic E-state index is 12.6. The van der Waals surface area contributed by atoms with Crippen molar-refractivity contribution in [2.75, 3.05) is 18.5 Å². The standard InChI is InChI=1S/C18H16F3N5O4/c19-18(20,21)10-1-3-13(22-5-10)15-8-25-17(30-15)26-11-2-4-14(23-6-11)16(29)24-7-12(28)9-27/h1-6,8,12,27-28H,7,9H2,(H,24,29)(H,25,26). The minimum absolute atomic E-state index is 0.0526. The van der Waals surface area contributed by atoms with Gasteiger partial charge in [0.25, 0.3) is 11.9 Å². The summed E-state index contributed by atoms with van der Waals surface area (Å²) in [5.74, 6) is -0.363. The number of nitrogens with zero attached hydrogens (tertiary/aromatic N) is 3. The lowest BCUT2D eigenvalue weighted by Gasteiger charge is -2.08. The number of carbonyl (C=O) groups is 1. The summed E-state index contributed by atoms with van der Waals surface area (Å²) in [4.78, 5) is 23.6. The molecular weight excluding hydrogens is 407 g/mol. The maximum Gasteiger partial charge on any atom is 0.417 e. The molecule has 0 saturated carbocycles. The smallest absolute Gasteiger partial charge is 0.417 e. The van der Waals surface area contributed by atoms with Gasteiger partial charge in [-0.2, -0.15) is 13.2 Å². The van der Waals surface area contributed by atoms with E-state index in [-0.39, 0.29) is 29.7 Å². The Morgan fingerprint density at radius 2 is 1.90 bits per heavy atom. The summed E-state index contributed by atoms with van der Waals surface area (Å²) in [5, 5.41) is 23.2. The van der Waals surface area contributed by atoms with Gasteiger partial charge in [-0.3, -0.25) is 9.78 Å². The van der Waals surface area contributed by atoms with Crippen LogP contribution in [-0.4, -0.2) is 50.3 Å². The number of aliphatic hydroxyl groups excluding tert-OH is 2. The Labute approximate surface area is 167 Å². The molecule has 0 radical (unpaired) electrons. The minimum Gasteiger partial charge on any atom is -0.422 e.